The molecule has 168 valence electrons. The van der Waals surface area contributed by atoms with Gasteiger partial charge in [0.1, 0.15) is 9.90 Å². The number of sulfonamides is 1. The third-order valence-corrected chi connectivity index (χ3v) is 8.20. The van der Waals surface area contributed by atoms with Gasteiger partial charge in [0.2, 0.25) is 15.8 Å². The molecule has 0 bridgehead atoms. The number of rotatable bonds is 8. The van der Waals surface area contributed by atoms with E-state index in [2.05, 4.69) is 33.1 Å². The van der Waals surface area contributed by atoms with Gasteiger partial charge in [-0.3, -0.25) is 0 Å². The Morgan fingerprint density at radius 1 is 1.30 bits per heavy atom. The fourth-order valence-electron chi connectivity index (χ4n) is 3.28. The summed E-state index contributed by atoms with van der Waals surface area (Å²) in [5, 5.41) is 3.40. The Morgan fingerprint density at radius 2 is 2.00 bits per heavy atom. The van der Waals surface area contributed by atoms with Crippen LogP contribution >= 0.6 is 11.3 Å². The summed E-state index contributed by atoms with van der Waals surface area (Å²) in [4.78, 5) is 2.72. The Morgan fingerprint density at radius 3 is 2.60 bits per heavy atom. The van der Waals surface area contributed by atoms with Gasteiger partial charge in [0.25, 0.3) is 0 Å². The summed E-state index contributed by atoms with van der Waals surface area (Å²) in [5.74, 6) is -0.268. The number of likely N-dealkylation sites (tertiary alicyclic amines) is 1. The third kappa shape index (κ3) is 6.05. The van der Waals surface area contributed by atoms with E-state index in [0.717, 1.165) is 56.3 Å². The van der Waals surface area contributed by atoms with Crippen molar-refractivity contribution in [2.75, 3.05) is 26.2 Å². The molecular weight excluding hydrogens is 439 g/mol. The number of hydrogen-bond acceptors (Lipinski definition) is 6. The van der Waals surface area contributed by atoms with E-state index in [4.69, 9.17) is 0 Å². The number of halogens is 3. The zero-order valence-corrected chi connectivity index (χ0v) is 18.5. The largest absolute Gasteiger partial charge is 0.452 e. The summed E-state index contributed by atoms with van der Waals surface area (Å²) in [6, 6.07) is 3.58. The van der Waals surface area contributed by atoms with Crippen LogP contribution in [-0.4, -0.2) is 44.7 Å². The lowest BCUT2D eigenvalue weighted by atomic mass is 9.96. The molecular formula is C19H26F3N3O3S2. The van der Waals surface area contributed by atoms with Crippen molar-refractivity contribution in [1.29, 1.82) is 0 Å². The monoisotopic (exact) mass is 465 g/mol. The maximum atomic E-state index is 12.7. The normalized spacial score (nSPS) is 17.1. The predicted molar refractivity (Wildman–Crippen MR) is 109 cm³/mol. The summed E-state index contributed by atoms with van der Waals surface area (Å²) in [5.41, 5.74) is -0.0393. The average molecular weight is 466 g/mol. The highest BCUT2D eigenvalue weighted by Gasteiger charge is 2.36. The molecule has 0 saturated carbocycles. The minimum absolute atomic E-state index is 0.0393. The zero-order valence-electron chi connectivity index (χ0n) is 16.9. The van der Waals surface area contributed by atoms with Gasteiger partial charge in [-0.05, 0) is 62.9 Å². The van der Waals surface area contributed by atoms with Gasteiger partial charge in [0, 0.05) is 12.6 Å². The lowest BCUT2D eigenvalue weighted by Crippen LogP contribution is -2.39. The second kappa shape index (κ2) is 9.37. The molecule has 0 amide bonds. The quantitative estimate of drug-likeness (QED) is 0.623. The Kier molecular flexibility index (Phi) is 7.26. The Hall–Kier alpha value is -1.43. The van der Waals surface area contributed by atoms with Gasteiger partial charge in [-0.2, -0.15) is 13.2 Å². The molecule has 30 heavy (non-hydrogen) atoms. The number of nitrogens with zero attached hydrogens (tertiary/aromatic N) is 2. The van der Waals surface area contributed by atoms with Crippen LogP contribution in [0, 0.1) is 11.8 Å². The predicted octanol–water partition coefficient (Wildman–Crippen LogP) is 4.46. The first-order chi connectivity index (χ1) is 14.0. The zero-order chi connectivity index (χ0) is 21.9. The molecule has 2 aromatic heterocycles. The van der Waals surface area contributed by atoms with Gasteiger partial charge in [-0.25, -0.2) is 13.1 Å². The second-order valence-electron chi connectivity index (χ2n) is 8.01. The van der Waals surface area contributed by atoms with Crippen molar-refractivity contribution in [3.05, 3.63) is 24.0 Å². The Labute approximate surface area is 178 Å². The average Bonchev–Trinajstić information content (AvgIpc) is 3.34. The molecule has 0 atom stereocenters. The van der Waals surface area contributed by atoms with Crippen LogP contribution in [0.25, 0.3) is 10.6 Å². The van der Waals surface area contributed by atoms with Gasteiger partial charge >= 0.3 is 6.18 Å². The van der Waals surface area contributed by atoms with E-state index in [1.807, 2.05) is 0 Å². The molecule has 3 heterocycles. The smallest absolute Gasteiger partial charge is 0.351 e. The highest BCUT2D eigenvalue weighted by molar-refractivity contribution is 7.91. The van der Waals surface area contributed by atoms with E-state index >= 15 is 0 Å². The molecule has 6 nitrogen and oxygen atoms in total. The first kappa shape index (κ1) is 23.2. The van der Waals surface area contributed by atoms with Crippen LogP contribution in [-0.2, 0) is 16.2 Å². The molecule has 0 unspecified atom stereocenters. The lowest BCUT2D eigenvalue weighted by molar-refractivity contribution is -0.155. The summed E-state index contributed by atoms with van der Waals surface area (Å²) in [7, 11) is -3.73. The van der Waals surface area contributed by atoms with Crippen LogP contribution in [0.15, 0.2) is 26.9 Å². The van der Waals surface area contributed by atoms with Crippen LogP contribution in [0.4, 0.5) is 13.2 Å². The van der Waals surface area contributed by atoms with Crippen molar-refractivity contribution >= 4 is 21.4 Å². The van der Waals surface area contributed by atoms with E-state index in [1.54, 1.807) is 0 Å². The number of thiophene rings is 1. The van der Waals surface area contributed by atoms with Crippen LogP contribution < -0.4 is 4.72 Å². The standard InChI is InChI=1S/C19H26F3N3O3S2/c1-13(2)5-8-25-9-6-14(7-10-25)12-23-30(26,27)18-4-3-16(29-18)15-11-17(28-24-15)19(20,21)22/h3-4,11,13-14,23H,5-10,12H2,1-2H3. The summed E-state index contributed by atoms with van der Waals surface area (Å²) in [6.07, 6.45) is -1.59. The number of aromatic nitrogens is 1. The molecule has 0 spiro atoms. The molecule has 1 aliphatic heterocycles. The second-order valence-corrected chi connectivity index (χ2v) is 11.1. The molecule has 1 aliphatic rings. The minimum Gasteiger partial charge on any atom is -0.351 e. The molecule has 11 heteroatoms. The highest BCUT2D eigenvalue weighted by Crippen LogP contribution is 2.35. The molecule has 3 rings (SSSR count). The van der Waals surface area contributed by atoms with E-state index in [9.17, 15) is 21.6 Å². The lowest BCUT2D eigenvalue weighted by Gasteiger charge is -2.32. The summed E-state index contributed by atoms with van der Waals surface area (Å²) in [6.45, 7) is 7.78. The summed E-state index contributed by atoms with van der Waals surface area (Å²) >= 11 is 0.865. The Bertz CT molecular complexity index is 930. The van der Waals surface area contributed by atoms with Crippen LogP contribution in [0.5, 0.6) is 0 Å². The number of nitrogens with one attached hydrogen (secondary N) is 1. The Balaban J connectivity index is 1.54. The highest BCUT2D eigenvalue weighted by atomic mass is 32.2. The molecule has 1 fully saturated rings. The SMILES string of the molecule is CC(C)CCN1CCC(CNS(=O)(=O)c2ccc(-c3cc(C(F)(F)F)on3)s2)CC1. The van der Waals surface area contributed by atoms with Crippen molar-refractivity contribution in [3.8, 4) is 10.6 Å². The van der Waals surface area contributed by atoms with Gasteiger partial charge in [-0.1, -0.05) is 19.0 Å². The van der Waals surface area contributed by atoms with Crippen molar-refractivity contribution < 1.29 is 26.1 Å². The van der Waals surface area contributed by atoms with Gasteiger partial charge in [0.15, 0.2) is 0 Å². The van der Waals surface area contributed by atoms with Gasteiger partial charge in [-0.15, -0.1) is 11.3 Å². The molecule has 0 aromatic carbocycles. The molecule has 1 N–H and O–H groups in total. The number of piperidine rings is 1. The molecule has 0 aliphatic carbocycles. The van der Waals surface area contributed by atoms with Gasteiger partial charge in [0.05, 0.1) is 4.88 Å². The van der Waals surface area contributed by atoms with Crippen LogP contribution in [0.3, 0.4) is 0 Å². The van der Waals surface area contributed by atoms with Gasteiger partial charge < -0.3 is 9.42 Å². The first-order valence-electron chi connectivity index (χ1n) is 9.91. The minimum atomic E-state index is -4.64. The van der Waals surface area contributed by atoms with Crippen molar-refractivity contribution in [2.24, 2.45) is 11.8 Å². The third-order valence-electron chi connectivity index (χ3n) is 5.18. The fraction of sp³-hybridized carbons (Fsp3) is 0.632. The maximum Gasteiger partial charge on any atom is 0.452 e. The topological polar surface area (TPSA) is 75.4 Å². The molecule has 1 saturated heterocycles. The van der Waals surface area contributed by atoms with E-state index in [1.165, 1.54) is 12.1 Å². The fourth-order valence-corrected chi connectivity index (χ4v) is 5.70. The number of alkyl halides is 3. The van der Waals surface area contributed by atoms with Crippen molar-refractivity contribution in [3.63, 3.8) is 0 Å². The van der Waals surface area contributed by atoms with Crippen LogP contribution in [0.1, 0.15) is 38.9 Å². The van der Waals surface area contributed by atoms with E-state index < -0.39 is 22.0 Å². The first-order valence-corrected chi connectivity index (χ1v) is 12.2. The van der Waals surface area contributed by atoms with E-state index in [0.29, 0.717) is 17.3 Å². The van der Waals surface area contributed by atoms with E-state index in [-0.39, 0.29) is 15.8 Å². The van der Waals surface area contributed by atoms with Crippen molar-refractivity contribution in [2.45, 2.75) is 43.5 Å². The van der Waals surface area contributed by atoms with Crippen LogP contribution in [0.2, 0.25) is 0 Å². The molecule has 0 radical (unpaired) electrons. The summed E-state index contributed by atoms with van der Waals surface area (Å²) < 4.78 is 70.1. The van der Waals surface area contributed by atoms with Crippen molar-refractivity contribution in [1.82, 2.24) is 14.8 Å². The number of hydrogen-bond donors (Lipinski definition) is 1. The maximum absolute atomic E-state index is 12.7. The molecule has 2 aromatic rings.